The van der Waals surface area contributed by atoms with Crippen LogP contribution in [-0.4, -0.2) is 88.5 Å². The molecule has 0 aromatic heterocycles. The van der Waals surface area contributed by atoms with Gasteiger partial charge in [-0.3, -0.25) is 10.1 Å². The van der Waals surface area contributed by atoms with E-state index in [0.717, 1.165) is 35.8 Å². The Morgan fingerprint density at radius 2 is 1.78 bits per heavy atom. The fraction of sp³-hybridized carbons (Fsp3) is 0.500. The Balaban J connectivity index is 1.72. The van der Waals surface area contributed by atoms with Crippen molar-refractivity contribution in [3.8, 4) is 5.75 Å². The lowest BCUT2D eigenvalue weighted by molar-refractivity contribution is -0.161. The number of carbonyl (C=O) groups is 3. The minimum absolute atomic E-state index is 0.0595. The van der Waals surface area contributed by atoms with E-state index in [-0.39, 0.29) is 22.1 Å². The van der Waals surface area contributed by atoms with Crippen molar-refractivity contribution in [3.63, 3.8) is 0 Å². The summed E-state index contributed by atoms with van der Waals surface area (Å²) in [5, 5.41) is 2.20. The first-order valence-electron chi connectivity index (χ1n) is 14.3. The molecule has 246 valence electrons. The van der Waals surface area contributed by atoms with Crippen LogP contribution in [0.4, 0.5) is 9.18 Å². The summed E-state index contributed by atoms with van der Waals surface area (Å²) in [4.78, 5) is 41.7. The molecule has 2 aliphatic heterocycles. The molecule has 2 saturated heterocycles. The normalized spacial score (nSPS) is 19.1. The molecule has 0 aliphatic carbocycles. The van der Waals surface area contributed by atoms with E-state index in [1.54, 1.807) is 37.4 Å². The Bertz CT molecular complexity index is 1530. The second-order valence-corrected chi connectivity index (χ2v) is 16.8. The molecule has 15 heteroatoms. The fourth-order valence-electron chi connectivity index (χ4n) is 4.65. The third kappa shape index (κ3) is 9.06. The van der Waals surface area contributed by atoms with E-state index >= 15 is 0 Å². The molecule has 2 aliphatic rings. The lowest BCUT2D eigenvalue weighted by atomic mass is 10.0. The highest BCUT2D eigenvalue weighted by Gasteiger charge is 2.47. The lowest BCUT2D eigenvalue weighted by Crippen LogP contribution is -2.56. The number of nitrogens with zero attached hydrogens (tertiary/aromatic N) is 2. The van der Waals surface area contributed by atoms with E-state index in [1.807, 2.05) is 13.8 Å². The molecule has 2 aromatic rings. The van der Waals surface area contributed by atoms with Gasteiger partial charge in [0.15, 0.2) is 5.75 Å². The summed E-state index contributed by atoms with van der Waals surface area (Å²) in [5.74, 6) is -0.290. The van der Waals surface area contributed by atoms with Gasteiger partial charge in [-0.25, -0.2) is 26.7 Å². The molecule has 0 spiro atoms. The first kappa shape index (κ1) is 35.3. The maximum absolute atomic E-state index is 14.1. The number of nitrogens with one attached hydrogen (secondary N) is 1. The third-order valence-corrected chi connectivity index (χ3v) is 11.4. The molecule has 2 aromatic carbocycles. The van der Waals surface area contributed by atoms with E-state index in [2.05, 4.69) is 5.32 Å². The lowest BCUT2D eigenvalue weighted by Gasteiger charge is -2.33. The SMILES string of the molecule is CC1(C)CS[C@@H](C(=O)N([C@@H](Cc2ccc(OC(=O)N3CCSCC3)c(Cl)c2)C(=O)OC(C)(C)C)S(=O)(=O)c2ccc(F)cc2)N1. The fourth-order valence-corrected chi connectivity index (χ4v) is 8.73. The van der Waals surface area contributed by atoms with Crippen LogP contribution in [-0.2, 0) is 30.8 Å². The van der Waals surface area contributed by atoms with Crippen molar-refractivity contribution in [2.24, 2.45) is 0 Å². The van der Waals surface area contributed by atoms with E-state index in [0.29, 0.717) is 28.7 Å². The topological polar surface area (TPSA) is 122 Å². The molecule has 2 atom stereocenters. The van der Waals surface area contributed by atoms with Gasteiger partial charge in [0.1, 0.15) is 22.8 Å². The smallest absolute Gasteiger partial charge is 0.415 e. The van der Waals surface area contributed by atoms with Crippen LogP contribution in [0.1, 0.15) is 40.2 Å². The minimum atomic E-state index is -4.70. The van der Waals surface area contributed by atoms with Gasteiger partial charge >= 0.3 is 12.1 Å². The summed E-state index contributed by atoms with van der Waals surface area (Å²) in [5.41, 5.74) is -1.12. The number of sulfonamides is 1. The van der Waals surface area contributed by atoms with Crippen molar-refractivity contribution in [2.45, 2.75) is 68.5 Å². The van der Waals surface area contributed by atoms with Crippen LogP contribution in [0.5, 0.6) is 5.75 Å². The molecule has 0 bridgehead atoms. The largest absolute Gasteiger partial charge is 0.458 e. The molecule has 10 nitrogen and oxygen atoms in total. The zero-order valence-corrected chi connectivity index (χ0v) is 28.9. The van der Waals surface area contributed by atoms with Crippen LogP contribution in [0.3, 0.4) is 0 Å². The zero-order chi connectivity index (χ0) is 33.2. The number of ether oxygens (including phenoxy) is 2. The second kappa shape index (κ2) is 14.1. The van der Waals surface area contributed by atoms with E-state index in [4.69, 9.17) is 21.1 Å². The molecule has 0 saturated carbocycles. The van der Waals surface area contributed by atoms with Crippen molar-refractivity contribution in [1.29, 1.82) is 0 Å². The van der Waals surface area contributed by atoms with Crippen molar-refractivity contribution >= 4 is 63.1 Å². The Labute approximate surface area is 276 Å². The number of carbonyl (C=O) groups excluding carboxylic acids is 3. The maximum atomic E-state index is 14.1. The summed E-state index contributed by atoms with van der Waals surface area (Å²) in [6, 6.07) is 6.79. The molecule has 45 heavy (non-hydrogen) atoms. The van der Waals surface area contributed by atoms with Gasteiger partial charge in [0.25, 0.3) is 15.9 Å². The highest BCUT2D eigenvalue weighted by molar-refractivity contribution is 8.01. The first-order chi connectivity index (χ1) is 21.0. The number of thioether (sulfide) groups is 2. The third-order valence-electron chi connectivity index (χ3n) is 6.80. The Kier molecular flexibility index (Phi) is 11.1. The van der Waals surface area contributed by atoms with Gasteiger partial charge in [-0.15, -0.1) is 11.8 Å². The average Bonchev–Trinajstić information content (AvgIpc) is 3.33. The standard InChI is InChI=1S/C30H37ClFN3O7S3/c1-29(2,3)42-27(37)23(17-19-6-11-24(22(31)16-19)41-28(38)34-12-14-43-15-13-34)35(26(36)25-33-30(4,5)18-44-25)45(39,40)21-9-7-20(32)8-10-21/h6-11,16,23,25,33H,12-15,17-18H2,1-5H3/t23-,25-/m0/s1. The number of halogens is 2. The molecular formula is C30H37ClFN3O7S3. The summed E-state index contributed by atoms with van der Waals surface area (Å²) < 4.78 is 53.7. The summed E-state index contributed by atoms with van der Waals surface area (Å²) in [6.07, 6.45) is -0.845. The van der Waals surface area contributed by atoms with Crippen LogP contribution in [0.2, 0.25) is 5.02 Å². The minimum Gasteiger partial charge on any atom is -0.458 e. The van der Waals surface area contributed by atoms with Gasteiger partial charge in [0.05, 0.1) is 9.92 Å². The van der Waals surface area contributed by atoms with Gasteiger partial charge in [0.2, 0.25) is 0 Å². The van der Waals surface area contributed by atoms with E-state index in [1.165, 1.54) is 30.0 Å². The molecule has 2 amide bonds. The van der Waals surface area contributed by atoms with Crippen molar-refractivity contribution in [2.75, 3.05) is 30.3 Å². The molecule has 0 radical (unpaired) electrons. The number of hydrogen-bond donors (Lipinski definition) is 1. The van der Waals surface area contributed by atoms with Gasteiger partial charge in [-0.1, -0.05) is 17.7 Å². The summed E-state index contributed by atoms with van der Waals surface area (Å²) in [6.45, 7) is 9.72. The Morgan fingerprint density at radius 1 is 1.13 bits per heavy atom. The number of amides is 2. The highest BCUT2D eigenvalue weighted by atomic mass is 35.5. The van der Waals surface area contributed by atoms with Crippen molar-refractivity contribution < 1.29 is 36.7 Å². The number of benzene rings is 2. The summed E-state index contributed by atoms with van der Waals surface area (Å²) in [7, 11) is -4.70. The second-order valence-electron chi connectivity index (χ2n) is 12.3. The van der Waals surface area contributed by atoms with Crippen molar-refractivity contribution in [1.82, 2.24) is 14.5 Å². The van der Waals surface area contributed by atoms with E-state index < -0.39 is 56.4 Å². The number of rotatable bonds is 8. The molecule has 0 unspecified atom stereocenters. The molecule has 2 fully saturated rings. The number of esters is 1. The molecule has 1 N–H and O–H groups in total. The van der Waals surface area contributed by atoms with Gasteiger partial charge < -0.3 is 14.4 Å². The monoisotopic (exact) mass is 701 g/mol. The predicted molar refractivity (Wildman–Crippen MR) is 174 cm³/mol. The van der Waals surface area contributed by atoms with Crippen LogP contribution in [0.15, 0.2) is 47.4 Å². The van der Waals surface area contributed by atoms with Crippen LogP contribution < -0.4 is 10.1 Å². The van der Waals surface area contributed by atoms with Crippen LogP contribution in [0, 0.1) is 5.82 Å². The molecular weight excluding hydrogens is 665 g/mol. The molecule has 2 heterocycles. The zero-order valence-electron chi connectivity index (χ0n) is 25.7. The van der Waals surface area contributed by atoms with Gasteiger partial charge in [-0.2, -0.15) is 11.8 Å². The van der Waals surface area contributed by atoms with Gasteiger partial charge in [-0.05, 0) is 76.6 Å². The first-order valence-corrected chi connectivity index (χ1v) is 18.3. The van der Waals surface area contributed by atoms with E-state index in [9.17, 15) is 27.2 Å². The van der Waals surface area contributed by atoms with Crippen LogP contribution in [0.25, 0.3) is 0 Å². The highest BCUT2D eigenvalue weighted by Crippen LogP contribution is 2.33. The summed E-state index contributed by atoms with van der Waals surface area (Å²) >= 11 is 9.46. The Hall–Kier alpha value is -2.52. The maximum Gasteiger partial charge on any atom is 0.415 e. The number of hydrogen-bond acceptors (Lipinski definition) is 10. The predicted octanol–water partition coefficient (Wildman–Crippen LogP) is 4.94. The molecule has 4 rings (SSSR count). The Morgan fingerprint density at radius 3 is 2.33 bits per heavy atom. The van der Waals surface area contributed by atoms with Gasteiger partial charge in [0, 0.05) is 42.3 Å². The quantitative estimate of drug-likeness (QED) is 0.379. The van der Waals surface area contributed by atoms with Crippen LogP contribution >= 0.6 is 35.1 Å². The average molecular weight is 702 g/mol. The van der Waals surface area contributed by atoms with Crippen molar-refractivity contribution in [3.05, 3.63) is 58.9 Å².